The van der Waals surface area contributed by atoms with Crippen LogP contribution in [0, 0.1) is 98.1 Å². The van der Waals surface area contributed by atoms with Crippen LogP contribution in [0.4, 0.5) is 0 Å². The summed E-state index contributed by atoms with van der Waals surface area (Å²) in [4.78, 5) is 29.7. The van der Waals surface area contributed by atoms with Crippen molar-refractivity contribution in [3.8, 4) is 11.8 Å². The fraction of sp³-hybridized carbons (Fsp3) is 0.735. The summed E-state index contributed by atoms with van der Waals surface area (Å²) in [5.41, 5.74) is -5.77. The molecule has 4 bridgehead atoms. The molecule has 10 nitrogen and oxygen atoms in total. The minimum Gasteiger partial charge on any atom is -0.454 e. The van der Waals surface area contributed by atoms with Gasteiger partial charge in [-0.3, -0.25) is 0 Å². The van der Waals surface area contributed by atoms with Crippen LogP contribution < -0.4 is 5.32 Å². The molecule has 1 aliphatic heterocycles. The molecule has 7 N–H and O–H groups in total. The third-order valence-electron chi connectivity index (χ3n) is 27.2. The Kier molecular flexibility index (Phi) is 12.5. The number of carbonyl (C=O) groups is 2. The number of aldehydes is 1. The molecule has 78 heavy (non-hydrogen) atoms. The molecule has 13 aliphatic rings. The summed E-state index contributed by atoms with van der Waals surface area (Å²) in [6.07, 6.45) is 19.0. The number of likely N-dealkylation sites (N-methyl/N-ethyl adjacent to an activating group) is 1. The Morgan fingerprint density at radius 3 is 2.33 bits per heavy atom. The van der Waals surface area contributed by atoms with Gasteiger partial charge >= 0.3 is 5.97 Å². The number of hydrogen-bond donors (Lipinski definition) is 7. The van der Waals surface area contributed by atoms with Crippen LogP contribution in [0.1, 0.15) is 183 Å². The summed E-state index contributed by atoms with van der Waals surface area (Å²) in [6.45, 7) is 1.93. The minimum absolute atomic E-state index is 0.0988. The van der Waals surface area contributed by atoms with E-state index in [9.17, 15) is 25.2 Å². The molecule has 0 radical (unpaired) electrons. The number of fused-ring (bicyclic) bond motifs is 6. The molecule has 10 fully saturated rings. The van der Waals surface area contributed by atoms with Crippen molar-refractivity contribution in [1.29, 1.82) is 0 Å². The maximum absolute atomic E-state index is 15.5. The Hall–Kier alpha value is -3.40. The molecule has 0 saturated heterocycles. The van der Waals surface area contributed by atoms with Crippen LogP contribution in [0.5, 0.6) is 0 Å². The number of nitrogens with one attached hydrogen (secondary N) is 1. The molecule has 10 saturated carbocycles. The van der Waals surface area contributed by atoms with E-state index >= 15 is 15.0 Å². The van der Waals surface area contributed by atoms with Crippen molar-refractivity contribution in [2.24, 2.45) is 86.3 Å². The van der Waals surface area contributed by atoms with Crippen LogP contribution >= 0.6 is 0 Å². The summed E-state index contributed by atoms with van der Waals surface area (Å²) in [5.74, 6) is 6.66. The van der Waals surface area contributed by atoms with E-state index in [0.29, 0.717) is 75.0 Å². The number of benzene rings is 2. The van der Waals surface area contributed by atoms with Crippen LogP contribution in [0.2, 0.25) is 0 Å². The van der Waals surface area contributed by atoms with Gasteiger partial charge in [0.25, 0.3) is 0 Å². The molecule has 420 valence electrons. The monoisotopic (exact) mass is 1060 g/mol. The highest BCUT2D eigenvalue weighted by Crippen LogP contribution is 2.83. The van der Waals surface area contributed by atoms with Crippen LogP contribution in [0.25, 0.3) is 0 Å². The fourth-order valence-electron chi connectivity index (χ4n) is 24.0. The van der Waals surface area contributed by atoms with Crippen molar-refractivity contribution < 1.29 is 45.0 Å². The number of aliphatic hydroxyl groups excluding tert-OH is 3. The third kappa shape index (κ3) is 6.76. The molecule has 12 aliphatic carbocycles. The number of esters is 1. The molecule has 0 amide bonds. The van der Waals surface area contributed by atoms with Crippen molar-refractivity contribution in [2.45, 2.75) is 209 Å². The standard InChI is InChI=1S/C68H89NO9/c1-41(42-11-6-7-12-42)45-17-20-54-60(74)62(27-22-47-29-46(18-19-53(47)62)43-13-4-3-5-14-43)38-63(39-71)57-23-28-64-37-61(24-8-9-25-61)26-21-44-15-10-16-48(36-70)51(44)32-56(69-2)52-31-49(65(64,40-72)55-33-58(73)78-59(52)55)35-67(64,76)66(57,75)34-50(30-45)68(54,63)77/h3-5,10,13-16,33,39,41-42,45-47,49-50,52-54,56-57,59-60,69-70,72,74-77H,6-9,11-12,17-20,22-25,27-32,34-38,40H2,1-2H3. The molecule has 20 atom stereocenters. The Morgan fingerprint density at radius 1 is 0.808 bits per heavy atom. The van der Waals surface area contributed by atoms with Gasteiger partial charge in [0.05, 0.1) is 35.9 Å². The van der Waals surface area contributed by atoms with Gasteiger partial charge in [-0.15, -0.1) is 0 Å². The first-order chi connectivity index (χ1) is 37.6. The van der Waals surface area contributed by atoms with Crippen molar-refractivity contribution in [1.82, 2.24) is 5.32 Å². The fourth-order valence-corrected chi connectivity index (χ4v) is 24.0. The maximum Gasteiger partial charge on any atom is 0.331 e. The molecule has 0 aromatic heterocycles. The maximum atomic E-state index is 15.5. The SMILES string of the molecule is CNC1Cc2c(cccc2CO)C#CC2(CCCC2)CC23CCC4C(O)(CC5CC(C(C)C6CCCC6)CCC6C(O)C7(CCC8CC(c9ccccc9)CCC87)CC4(C=O)C56O)C2(O)CC2CC1C1OC(=O)C=C1C23CO. The van der Waals surface area contributed by atoms with Gasteiger partial charge in [0.15, 0.2) is 0 Å². The predicted octanol–water partition coefficient (Wildman–Crippen LogP) is 9.28. The largest absolute Gasteiger partial charge is 0.454 e. The van der Waals surface area contributed by atoms with Crippen molar-refractivity contribution in [2.75, 3.05) is 13.7 Å². The lowest BCUT2D eigenvalue weighted by Gasteiger charge is -2.75. The van der Waals surface area contributed by atoms with Crippen molar-refractivity contribution >= 4 is 12.3 Å². The lowest BCUT2D eigenvalue weighted by molar-refractivity contribution is -0.362. The van der Waals surface area contributed by atoms with Crippen LogP contribution in [0.15, 0.2) is 60.2 Å². The lowest BCUT2D eigenvalue weighted by atomic mass is 9.32. The molecular formula is C68H89NO9. The average Bonchev–Trinajstić information content (AvgIpc) is 4.40. The topological polar surface area (TPSA) is 177 Å². The van der Waals surface area contributed by atoms with Gasteiger partial charge in [0, 0.05) is 57.1 Å². The molecule has 3 spiro atoms. The van der Waals surface area contributed by atoms with Gasteiger partial charge in [0.2, 0.25) is 0 Å². The minimum atomic E-state index is -1.89. The zero-order valence-electron chi connectivity index (χ0n) is 46.6. The van der Waals surface area contributed by atoms with E-state index < -0.39 is 79.8 Å². The number of hydrogen-bond acceptors (Lipinski definition) is 10. The van der Waals surface area contributed by atoms with Gasteiger partial charge in [-0.2, -0.15) is 0 Å². The van der Waals surface area contributed by atoms with Crippen LogP contribution in [-0.2, 0) is 27.4 Å². The first kappa shape index (κ1) is 52.7. The molecular weight excluding hydrogens is 975 g/mol. The van der Waals surface area contributed by atoms with Gasteiger partial charge in [-0.25, -0.2) is 4.79 Å². The van der Waals surface area contributed by atoms with Crippen LogP contribution in [0.3, 0.4) is 0 Å². The van der Waals surface area contributed by atoms with E-state index in [0.717, 1.165) is 92.8 Å². The first-order valence-electron chi connectivity index (χ1n) is 31.5. The Balaban J connectivity index is 0.964. The third-order valence-corrected chi connectivity index (χ3v) is 27.2. The molecule has 15 rings (SSSR count). The Bertz CT molecular complexity index is 2790. The van der Waals surface area contributed by atoms with Gasteiger partial charge in [0.1, 0.15) is 18.0 Å². The lowest BCUT2D eigenvalue weighted by Crippen LogP contribution is -2.83. The summed E-state index contributed by atoms with van der Waals surface area (Å²) in [7, 11) is 1.94. The van der Waals surface area contributed by atoms with E-state index in [1.807, 2.05) is 19.2 Å². The zero-order valence-corrected chi connectivity index (χ0v) is 46.6. The smallest absolute Gasteiger partial charge is 0.331 e. The Labute approximate surface area is 463 Å². The van der Waals surface area contributed by atoms with E-state index in [2.05, 4.69) is 60.5 Å². The van der Waals surface area contributed by atoms with E-state index in [-0.39, 0.29) is 55.8 Å². The van der Waals surface area contributed by atoms with Gasteiger partial charge in [-0.1, -0.05) is 99.8 Å². The number of rotatable bonds is 7. The highest BCUT2D eigenvalue weighted by Gasteiger charge is 2.88. The molecule has 10 heteroatoms. The summed E-state index contributed by atoms with van der Waals surface area (Å²) < 4.78 is 6.51. The van der Waals surface area contributed by atoms with Crippen molar-refractivity contribution in [3.05, 3.63) is 82.4 Å². The summed E-state index contributed by atoms with van der Waals surface area (Å²) in [6, 6.07) is 16.6. The quantitative estimate of drug-likeness (QED) is 0.0804. The first-order valence-corrected chi connectivity index (χ1v) is 31.5. The second-order valence-electron chi connectivity index (χ2n) is 29.1. The number of aliphatic hydroxyl groups is 6. The zero-order chi connectivity index (χ0) is 53.8. The van der Waals surface area contributed by atoms with Crippen LogP contribution in [-0.4, -0.2) is 91.6 Å². The molecule has 2 aromatic carbocycles. The normalized spacial score (nSPS) is 48.1. The molecule has 1 heterocycles. The van der Waals surface area contributed by atoms with Crippen molar-refractivity contribution in [3.63, 3.8) is 0 Å². The van der Waals surface area contributed by atoms with E-state index in [4.69, 9.17) is 4.74 Å². The number of ether oxygens (including phenoxy) is 1. The molecule has 20 unspecified atom stereocenters. The highest BCUT2D eigenvalue weighted by atomic mass is 16.5. The van der Waals surface area contributed by atoms with E-state index in [1.54, 1.807) is 6.08 Å². The second-order valence-corrected chi connectivity index (χ2v) is 29.1. The molecule has 2 aromatic rings. The Morgan fingerprint density at radius 2 is 1.59 bits per heavy atom. The predicted molar refractivity (Wildman–Crippen MR) is 296 cm³/mol. The van der Waals surface area contributed by atoms with E-state index in [1.165, 1.54) is 31.2 Å². The average molecular weight is 1060 g/mol. The highest BCUT2D eigenvalue weighted by molar-refractivity contribution is 5.87. The number of carbonyl (C=O) groups excluding carboxylic acids is 2. The van der Waals surface area contributed by atoms with Gasteiger partial charge < -0.3 is 45.5 Å². The summed E-state index contributed by atoms with van der Waals surface area (Å²) in [5, 5.41) is 86.1. The summed E-state index contributed by atoms with van der Waals surface area (Å²) >= 11 is 0. The van der Waals surface area contributed by atoms with Gasteiger partial charge in [-0.05, 0) is 198 Å². The second kappa shape index (κ2) is 18.6.